The highest BCUT2D eigenvalue weighted by molar-refractivity contribution is 5.79. The molecular weight excluding hydrogens is 374 g/mol. The summed E-state index contributed by atoms with van der Waals surface area (Å²) in [6.45, 7) is 5.87. The van der Waals surface area contributed by atoms with E-state index in [2.05, 4.69) is 53.1 Å². The molecule has 2 saturated heterocycles. The Labute approximate surface area is 182 Å². The van der Waals surface area contributed by atoms with Gasteiger partial charge in [-0.1, -0.05) is 18.6 Å². The van der Waals surface area contributed by atoms with E-state index in [1.54, 1.807) is 0 Å². The number of benzene rings is 1. The van der Waals surface area contributed by atoms with Gasteiger partial charge in [-0.15, -0.1) is 0 Å². The predicted molar refractivity (Wildman–Crippen MR) is 121 cm³/mol. The fourth-order valence-corrected chi connectivity index (χ4v) is 5.12. The van der Waals surface area contributed by atoms with Crippen molar-refractivity contribution in [2.24, 2.45) is 11.8 Å². The summed E-state index contributed by atoms with van der Waals surface area (Å²) in [6.07, 6.45) is 8.17. The van der Waals surface area contributed by atoms with E-state index >= 15 is 0 Å². The van der Waals surface area contributed by atoms with Gasteiger partial charge in [-0.05, 0) is 83.4 Å². The fourth-order valence-electron chi connectivity index (χ4n) is 5.12. The lowest BCUT2D eigenvalue weighted by Crippen LogP contribution is -2.45. The fraction of sp³-hybridized carbons (Fsp3) is 0.720. The van der Waals surface area contributed by atoms with Gasteiger partial charge >= 0.3 is 0 Å². The first kappa shape index (κ1) is 21.6. The topological polar surface area (TPSA) is 36.0 Å². The molecule has 0 spiro atoms. The van der Waals surface area contributed by atoms with Gasteiger partial charge in [-0.3, -0.25) is 9.69 Å². The number of piperidine rings is 2. The largest absolute Gasteiger partial charge is 0.493 e. The highest BCUT2D eigenvalue weighted by atomic mass is 16.5. The SMILES string of the molecule is CN1CCC(N(C)Cc2cccc(OCC3CCCN(C(=O)C4CCC4)C3)c2)CC1. The van der Waals surface area contributed by atoms with Crippen molar-refractivity contribution in [2.45, 2.75) is 57.5 Å². The molecule has 30 heavy (non-hydrogen) atoms. The number of nitrogens with zero attached hydrogens (tertiary/aromatic N) is 3. The van der Waals surface area contributed by atoms with E-state index in [-0.39, 0.29) is 0 Å². The molecule has 0 radical (unpaired) electrons. The van der Waals surface area contributed by atoms with Crippen LogP contribution >= 0.6 is 0 Å². The molecule has 1 aliphatic carbocycles. The minimum Gasteiger partial charge on any atom is -0.493 e. The van der Waals surface area contributed by atoms with Crippen LogP contribution in [0.4, 0.5) is 0 Å². The van der Waals surface area contributed by atoms with Crippen molar-refractivity contribution >= 4 is 5.91 Å². The zero-order valence-electron chi connectivity index (χ0n) is 18.9. The van der Waals surface area contributed by atoms with E-state index < -0.39 is 0 Å². The van der Waals surface area contributed by atoms with Crippen LogP contribution in [-0.4, -0.2) is 73.5 Å². The molecule has 5 nitrogen and oxygen atoms in total. The lowest BCUT2D eigenvalue weighted by Gasteiger charge is -2.37. The van der Waals surface area contributed by atoms with Gasteiger partial charge in [0.2, 0.25) is 5.91 Å². The molecule has 3 aliphatic rings. The summed E-state index contributed by atoms with van der Waals surface area (Å²) in [5, 5.41) is 0. The Balaban J connectivity index is 1.25. The van der Waals surface area contributed by atoms with Crippen LogP contribution in [0.2, 0.25) is 0 Å². The normalized spacial score (nSPS) is 24.1. The highest BCUT2D eigenvalue weighted by Gasteiger charge is 2.32. The first-order chi connectivity index (χ1) is 14.6. The van der Waals surface area contributed by atoms with Gasteiger partial charge in [-0.25, -0.2) is 0 Å². The molecule has 1 unspecified atom stereocenters. The minimum atomic E-state index is 0.308. The number of carbonyl (C=O) groups excluding carboxylic acids is 1. The number of hydrogen-bond donors (Lipinski definition) is 0. The Morgan fingerprint density at radius 3 is 2.63 bits per heavy atom. The van der Waals surface area contributed by atoms with Crippen molar-refractivity contribution in [3.05, 3.63) is 29.8 Å². The third kappa shape index (κ3) is 5.55. The molecule has 166 valence electrons. The van der Waals surface area contributed by atoms with Crippen LogP contribution in [0.5, 0.6) is 5.75 Å². The zero-order valence-corrected chi connectivity index (χ0v) is 18.9. The van der Waals surface area contributed by atoms with Crippen LogP contribution in [0.15, 0.2) is 24.3 Å². The predicted octanol–water partition coefficient (Wildman–Crippen LogP) is 3.63. The van der Waals surface area contributed by atoms with Crippen molar-refractivity contribution in [3.63, 3.8) is 0 Å². The van der Waals surface area contributed by atoms with Crippen molar-refractivity contribution in [2.75, 3.05) is 46.9 Å². The Hall–Kier alpha value is -1.59. The molecule has 0 bridgehead atoms. The molecule has 2 aliphatic heterocycles. The maximum atomic E-state index is 12.6. The lowest BCUT2D eigenvalue weighted by atomic mass is 9.83. The average molecular weight is 414 g/mol. The third-order valence-electron chi connectivity index (χ3n) is 7.41. The molecule has 0 aromatic heterocycles. The second-order valence-electron chi connectivity index (χ2n) is 9.83. The summed E-state index contributed by atoms with van der Waals surface area (Å²) in [5.74, 6) is 2.12. The quantitative estimate of drug-likeness (QED) is 0.684. The Bertz CT molecular complexity index is 697. The first-order valence-corrected chi connectivity index (χ1v) is 12.0. The van der Waals surface area contributed by atoms with E-state index in [0.29, 0.717) is 30.4 Å². The molecule has 1 atom stereocenters. The van der Waals surface area contributed by atoms with Crippen LogP contribution in [-0.2, 0) is 11.3 Å². The number of rotatable bonds is 7. The average Bonchev–Trinajstić information content (AvgIpc) is 2.72. The van der Waals surface area contributed by atoms with Crippen LogP contribution in [0.1, 0.15) is 50.5 Å². The van der Waals surface area contributed by atoms with Gasteiger partial charge in [0.25, 0.3) is 0 Å². The van der Waals surface area contributed by atoms with Gasteiger partial charge < -0.3 is 14.5 Å². The van der Waals surface area contributed by atoms with Crippen molar-refractivity contribution in [1.82, 2.24) is 14.7 Å². The summed E-state index contributed by atoms with van der Waals surface area (Å²) < 4.78 is 6.19. The number of likely N-dealkylation sites (tertiary alicyclic amines) is 2. The number of ether oxygens (including phenoxy) is 1. The third-order valence-corrected chi connectivity index (χ3v) is 7.41. The van der Waals surface area contributed by atoms with E-state index in [0.717, 1.165) is 51.1 Å². The van der Waals surface area contributed by atoms with Gasteiger partial charge in [0, 0.05) is 37.5 Å². The highest BCUT2D eigenvalue weighted by Crippen LogP contribution is 2.30. The Morgan fingerprint density at radius 2 is 1.90 bits per heavy atom. The monoisotopic (exact) mass is 413 g/mol. The van der Waals surface area contributed by atoms with Crippen LogP contribution in [0, 0.1) is 11.8 Å². The van der Waals surface area contributed by atoms with Gasteiger partial charge in [0.05, 0.1) is 6.61 Å². The standard InChI is InChI=1S/C25H39N3O2/c1-26-14-11-23(12-15-26)27(2)17-20-6-3-10-24(16-20)30-19-21-7-5-13-28(18-21)25(29)22-8-4-9-22/h3,6,10,16,21-23H,4-5,7-9,11-15,17-19H2,1-2H3. The first-order valence-electron chi connectivity index (χ1n) is 12.0. The molecule has 4 rings (SSSR count). The van der Waals surface area contributed by atoms with Gasteiger partial charge in [-0.2, -0.15) is 0 Å². The molecule has 1 aromatic rings. The van der Waals surface area contributed by atoms with Gasteiger partial charge in [0.1, 0.15) is 5.75 Å². The van der Waals surface area contributed by atoms with E-state index in [4.69, 9.17) is 4.74 Å². The minimum absolute atomic E-state index is 0.308. The summed E-state index contributed by atoms with van der Waals surface area (Å²) in [6, 6.07) is 9.26. The molecule has 3 fully saturated rings. The smallest absolute Gasteiger partial charge is 0.225 e. The van der Waals surface area contributed by atoms with E-state index in [1.807, 2.05) is 0 Å². The molecular formula is C25H39N3O2. The Kier molecular flexibility index (Phi) is 7.32. The van der Waals surface area contributed by atoms with E-state index in [9.17, 15) is 4.79 Å². The van der Waals surface area contributed by atoms with E-state index in [1.165, 1.54) is 37.9 Å². The molecule has 0 N–H and O–H groups in total. The van der Waals surface area contributed by atoms with Crippen molar-refractivity contribution in [3.8, 4) is 5.75 Å². The molecule has 1 aromatic carbocycles. The lowest BCUT2D eigenvalue weighted by molar-refractivity contribution is -0.140. The van der Waals surface area contributed by atoms with Gasteiger partial charge in [0.15, 0.2) is 0 Å². The van der Waals surface area contributed by atoms with Crippen LogP contribution in [0.3, 0.4) is 0 Å². The molecule has 1 amide bonds. The van der Waals surface area contributed by atoms with Crippen LogP contribution < -0.4 is 4.74 Å². The molecule has 2 heterocycles. The number of amides is 1. The second-order valence-corrected chi connectivity index (χ2v) is 9.83. The maximum Gasteiger partial charge on any atom is 0.225 e. The molecule has 1 saturated carbocycles. The van der Waals surface area contributed by atoms with Crippen molar-refractivity contribution < 1.29 is 9.53 Å². The number of hydrogen-bond acceptors (Lipinski definition) is 4. The molecule has 5 heteroatoms. The Morgan fingerprint density at radius 1 is 1.10 bits per heavy atom. The van der Waals surface area contributed by atoms with Crippen molar-refractivity contribution in [1.29, 1.82) is 0 Å². The maximum absolute atomic E-state index is 12.6. The summed E-state index contributed by atoms with van der Waals surface area (Å²) >= 11 is 0. The van der Waals surface area contributed by atoms with Crippen LogP contribution in [0.25, 0.3) is 0 Å². The second kappa shape index (κ2) is 10.1. The summed E-state index contributed by atoms with van der Waals surface area (Å²) in [4.78, 5) is 19.6. The number of carbonyl (C=O) groups is 1. The summed E-state index contributed by atoms with van der Waals surface area (Å²) in [7, 11) is 4.46. The zero-order chi connectivity index (χ0) is 20.9. The summed E-state index contributed by atoms with van der Waals surface area (Å²) in [5.41, 5.74) is 1.32.